The lowest BCUT2D eigenvalue weighted by atomic mass is 9.94. The summed E-state index contributed by atoms with van der Waals surface area (Å²) in [6, 6.07) is 4.42. The standard InChI is InChI=1S/C24H19ClF10N2O2/c1-11-7-13(4-6-18(11)25)16(23(30,31)32)9-19(26)14-3-5-15(17(8-14)24(33,34)35)21(39)37-12(2)36-20(38)10-22(27,28)29/h3-9,12,16H,10H2,1-2H3,(H,36,38)(H,37,39)/b19-9-/t12-,16?/m1/s1. The highest BCUT2D eigenvalue weighted by Crippen LogP contribution is 2.40. The van der Waals surface area contributed by atoms with Gasteiger partial charge >= 0.3 is 18.5 Å². The molecule has 2 aromatic rings. The second-order valence-corrected chi connectivity index (χ2v) is 8.76. The summed E-state index contributed by atoms with van der Waals surface area (Å²) in [6.45, 7) is 2.38. The Kier molecular flexibility index (Phi) is 9.69. The Bertz CT molecular complexity index is 1250. The number of amides is 2. The number of hydrogen-bond acceptors (Lipinski definition) is 2. The summed E-state index contributed by atoms with van der Waals surface area (Å²) in [5.74, 6) is -7.28. The Hall–Kier alpha value is -3.29. The van der Waals surface area contributed by atoms with E-state index in [1.807, 2.05) is 5.32 Å². The van der Waals surface area contributed by atoms with Gasteiger partial charge in [0.15, 0.2) is 0 Å². The van der Waals surface area contributed by atoms with E-state index >= 15 is 0 Å². The molecular formula is C24H19ClF10N2O2. The molecule has 2 atom stereocenters. The van der Waals surface area contributed by atoms with Crippen LogP contribution < -0.4 is 10.6 Å². The van der Waals surface area contributed by atoms with E-state index in [1.54, 1.807) is 5.32 Å². The van der Waals surface area contributed by atoms with Gasteiger partial charge in [-0.15, -0.1) is 0 Å². The number of nitrogens with one attached hydrogen (secondary N) is 2. The van der Waals surface area contributed by atoms with Gasteiger partial charge in [0.1, 0.15) is 18.2 Å². The lowest BCUT2D eigenvalue weighted by Gasteiger charge is -2.20. The first-order chi connectivity index (χ1) is 17.7. The van der Waals surface area contributed by atoms with Crippen molar-refractivity contribution in [2.75, 3.05) is 0 Å². The van der Waals surface area contributed by atoms with Crippen LogP contribution >= 0.6 is 11.6 Å². The average molecular weight is 593 g/mol. The van der Waals surface area contributed by atoms with Crippen LogP contribution in [0.1, 0.15) is 51.9 Å². The first-order valence-electron chi connectivity index (χ1n) is 10.8. The molecule has 39 heavy (non-hydrogen) atoms. The summed E-state index contributed by atoms with van der Waals surface area (Å²) in [4.78, 5) is 23.7. The molecule has 0 aliphatic heterocycles. The van der Waals surface area contributed by atoms with Crippen LogP contribution in [0.3, 0.4) is 0 Å². The Labute approximate surface area is 220 Å². The molecule has 2 rings (SSSR count). The highest BCUT2D eigenvalue weighted by Gasteiger charge is 2.41. The molecule has 214 valence electrons. The number of benzene rings is 2. The fraction of sp³-hybridized carbons (Fsp3) is 0.333. The quantitative estimate of drug-likeness (QED) is 0.259. The van der Waals surface area contributed by atoms with Crippen LogP contribution in [0, 0.1) is 6.92 Å². The Morgan fingerprint density at radius 2 is 1.56 bits per heavy atom. The first-order valence-corrected chi connectivity index (χ1v) is 11.2. The Morgan fingerprint density at radius 3 is 2.08 bits per heavy atom. The molecule has 0 saturated carbocycles. The molecule has 0 aliphatic carbocycles. The minimum absolute atomic E-state index is 0.0795. The lowest BCUT2D eigenvalue weighted by Crippen LogP contribution is -2.47. The molecule has 1 unspecified atom stereocenters. The minimum Gasteiger partial charge on any atom is -0.336 e. The molecular weight excluding hydrogens is 574 g/mol. The zero-order valence-corrected chi connectivity index (χ0v) is 20.6. The maximum Gasteiger partial charge on any atom is 0.417 e. The Balaban J connectivity index is 2.40. The van der Waals surface area contributed by atoms with Gasteiger partial charge in [0.2, 0.25) is 5.91 Å². The van der Waals surface area contributed by atoms with Gasteiger partial charge in [-0.3, -0.25) is 9.59 Å². The predicted molar refractivity (Wildman–Crippen MR) is 121 cm³/mol. The van der Waals surface area contributed by atoms with Crippen LogP contribution in [0.25, 0.3) is 5.83 Å². The summed E-state index contributed by atoms with van der Waals surface area (Å²) in [5.41, 5.74) is -3.95. The molecule has 2 N–H and O–H groups in total. The van der Waals surface area contributed by atoms with Crippen molar-refractivity contribution < 1.29 is 53.5 Å². The number of halogens is 11. The maximum absolute atomic E-state index is 14.9. The fourth-order valence-electron chi connectivity index (χ4n) is 3.39. The van der Waals surface area contributed by atoms with Gasteiger partial charge in [-0.1, -0.05) is 29.8 Å². The van der Waals surface area contributed by atoms with Crippen molar-refractivity contribution in [3.05, 3.63) is 75.3 Å². The van der Waals surface area contributed by atoms with E-state index in [4.69, 9.17) is 11.6 Å². The van der Waals surface area contributed by atoms with Gasteiger partial charge < -0.3 is 10.6 Å². The Morgan fingerprint density at radius 1 is 0.949 bits per heavy atom. The van der Waals surface area contributed by atoms with E-state index in [9.17, 15) is 53.5 Å². The van der Waals surface area contributed by atoms with Gasteiger partial charge in [0.05, 0.1) is 17.3 Å². The molecule has 15 heteroatoms. The van der Waals surface area contributed by atoms with E-state index < -0.39 is 76.9 Å². The summed E-state index contributed by atoms with van der Waals surface area (Å²) in [5, 5.41) is 3.72. The van der Waals surface area contributed by atoms with E-state index in [-0.39, 0.29) is 22.7 Å². The molecule has 0 aromatic heterocycles. The average Bonchev–Trinajstić information content (AvgIpc) is 2.76. The highest BCUT2D eigenvalue weighted by atomic mass is 35.5. The molecule has 0 radical (unpaired) electrons. The smallest absolute Gasteiger partial charge is 0.336 e. The zero-order valence-electron chi connectivity index (χ0n) is 19.9. The van der Waals surface area contributed by atoms with Crippen molar-refractivity contribution in [1.29, 1.82) is 0 Å². The van der Waals surface area contributed by atoms with Gasteiger partial charge in [-0.2, -0.15) is 39.5 Å². The monoisotopic (exact) mass is 592 g/mol. The van der Waals surface area contributed by atoms with Crippen molar-refractivity contribution in [1.82, 2.24) is 10.6 Å². The third kappa shape index (κ3) is 9.15. The molecule has 0 aliphatic rings. The van der Waals surface area contributed by atoms with Crippen molar-refractivity contribution in [2.45, 2.75) is 50.9 Å². The number of carbonyl (C=O) groups is 2. The molecule has 0 fully saturated rings. The highest BCUT2D eigenvalue weighted by molar-refractivity contribution is 6.31. The number of aryl methyl sites for hydroxylation is 1. The first kappa shape index (κ1) is 31.9. The van der Waals surface area contributed by atoms with Gasteiger partial charge in [0.25, 0.3) is 5.91 Å². The topological polar surface area (TPSA) is 58.2 Å². The number of rotatable bonds is 7. The third-order valence-electron chi connectivity index (χ3n) is 5.14. The number of carbonyl (C=O) groups excluding carboxylic acids is 2. The predicted octanol–water partition coefficient (Wildman–Crippen LogP) is 7.47. The molecule has 4 nitrogen and oxygen atoms in total. The van der Waals surface area contributed by atoms with Gasteiger partial charge in [0, 0.05) is 10.6 Å². The van der Waals surface area contributed by atoms with E-state index in [0.29, 0.717) is 12.1 Å². The molecule has 0 bridgehead atoms. The molecule has 0 spiro atoms. The fourth-order valence-corrected chi connectivity index (χ4v) is 3.51. The molecule has 0 saturated heterocycles. The number of hydrogen-bond donors (Lipinski definition) is 2. The molecule has 0 heterocycles. The third-order valence-corrected chi connectivity index (χ3v) is 5.56. The van der Waals surface area contributed by atoms with Crippen LogP contribution in [-0.2, 0) is 11.0 Å². The van der Waals surface area contributed by atoms with Crippen LogP contribution in [0.15, 0.2) is 42.5 Å². The SMILES string of the molecule is Cc1cc(C(/C=C(\F)c2ccc(C(=O)N[C@H](C)NC(=O)CC(F)(F)F)c(C(F)(F)F)c2)C(F)(F)F)ccc1Cl. The summed E-state index contributed by atoms with van der Waals surface area (Å²) < 4.78 is 134. The van der Waals surface area contributed by atoms with Crippen molar-refractivity contribution >= 4 is 29.2 Å². The summed E-state index contributed by atoms with van der Waals surface area (Å²) in [7, 11) is 0. The van der Waals surface area contributed by atoms with Gasteiger partial charge in [-0.05, 0) is 49.2 Å². The molecule has 2 aromatic carbocycles. The summed E-state index contributed by atoms with van der Waals surface area (Å²) in [6.07, 6.45) is -18.6. The summed E-state index contributed by atoms with van der Waals surface area (Å²) >= 11 is 5.81. The van der Waals surface area contributed by atoms with E-state index in [0.717, 1.165) is 25.1 Å². The second-order valence-electron chi connectivity index (χ2n) is 8.36. The van der Waals surface area contributed by atoms with E-state index in [2.05, 4.69) is 0 Å². The minimum atomic E-state index is -5.29. The lowest BCUT2D eigenvalue weighted by molar-refractivity contribution is -0.154. The number of allylic oxidation sites excluding steroid dienone is 1. The normalized spacial score (nSPS) is 14.5. The number of alkyl halides is 9. The maximum atomic E-state index is 14.9. The van der Waals surface area contributed by atoms with Crippen LogP contribution in [0.2, 0.25) is 5.02 Å². The van der Waals surface area contributed by atoms with Crippen molar-refractivity contribution in [2.24, 2.45) is 0 Å². The zero-order chi connectivity index (χ0) is 29.9. The van der Waals surface area contributed by atoms with Gasteiger partial charge in [-0.25, -0.2) is 4.39 Å². The largest absolute Gasteiger partial charge is 0.417 e. The second kappa shape index (κ2) is 11.8. The van der Waals surface area contributed by atoms with E-state index in [1.165, 1.54) is 6.92 Å². The van der Waals surface area contributed by atoms with Crippen molar-refractivity contribution in [3.63, 3.8) is 0 Å². The van der Waals surface area contributed by atoms with Crippen LogP contribution in [0.4, 0.5) is 43.9 Å². The van der Waals surface area contributed by atoms with Crippen molar-refractivity contribution in [3.8, 4) is 0 Å². The van der Waals surface area contributed by atoms with Crippen LogP contribution in [-0.4, -0.2) is 30.3 Å². The molecule has 2 amide bonds. The van der Waals surface area contributed by atoms with Crippen LogP contribution in [0.5, 0.6) is 0 Å².